The average molecular weight is 270 g/mol. The van der Waals surface area contributed by atoms with Crippen LogP contribution in [0.25, 0.3) is 0 Å². The van der Waals surface area contributed by atoms with E-state index >= 15 is 0 Å². The summed E-state index contributed by atoms with van der Waals surface area (Å²) in [4.78, 5) is 0. The highest BCUT2D eigenvalue weighted by molar-refractivity contribution is 5.36. The highest BCUT2D eigenvalue weighted by Crippen LogP contribution is 2.31. The van der Waals surface area contributed by atoms with Crippen molar-refractivity contribution in [3.63, 3.8) is 0 Å². The van der Waals surface area contributed by atoms with Gasteiger partial charge < -0.3 is 4.74 Å². The van der Waals surface area contributed by atoms with E-state index in [2.05, 4.69) is 19.1 Å². The molecule has 0 N–H and O–H groups in total. The molecule has 0 heterocycles. The Morgan fingerprint density at radius 2 is 1.85 bits per heavy atom. The normalized spacial score (nSPS) is 15.9. The lowest BCUT2D eigenvalue weighted by Crippen LogP contribution is -2.02. The summed E-state index contributed by atoms with van der Waals surface area (Å²) in [5.41, 5.74) is 2.17. The number of ether oxygens (including phenoxy) is 1. The van der Waals surface area contributed by atoms with Gasteiger partial charge in [0.1, 0.15) is 0 Å². The molecule has 0 saturated heterocycles. The third kappa shape index (κ3) is 3.01. The van der Waals surface area contributed by atoms with Crippen molar-refractivity contribution in [3.8, 4) is 5.75 Å². The van der Waals surface area contributed by atoms with Crippen molar-refractivity contribution in [3.05, 3.63) is 65.5 Å². The van der Waals surface area contributed by atoms with Crippen LogP contribution in [-0.2, 0) is 0 Å². The van der Waals surface area contributed by atoms with Crippen LogP contribution in [0.5, 0.6) is 5.75 Å². The van der Waals surface area contributed by atoms with Gasteiger partial charge in [-0.05, 0) is 42.0 Å². The second-order valence-corrected chi connectivity index (χ2v) is 5.58. The molecule has 2 heteroatoms. The van der Waals surface area contributed by atoms with Gasteiger partial charge in [-0.3, -0.25) is 0 Å². The third-order valence-electron chi connectivity index (χ3n) is 3.93. The molecule has 1 unspecified atom stereocenters. The van der Waals surface area contributed by atoms with Crippen molar-refractivity contribution < 1.29 is 9.13 Å². The molecule has 104 valence electrons. The lowest BCUT2D eigenvalue weighted by Gasteiger charge is -2.14. The summed E-state index contributed by atoms with van der Waals surface area (Å²) in [5, 5.41) is 0. The molecular weight excluding hydrogens is 251 g/mol. The zero-order valence-electron chi connectivity index (χ0n) is 11.7. The van der Waals surface area contributed by atoms with E-state index < -0.39 is 0 Å². The highest BCUT2D eigenvalue weighted by Gasteiger charge is 2.22. The molecule has 0 aliphatic heterocycles. The SMILES string of the molecule is CC(c1ccccc1)c1ccc(OCC2CC2)c(F)c1. The lowest BCUT2D eigenvalue weighted by molar-refractivity contribution is 0.285. The molecule has 2 aromatic carbocycles. The molecule has 0 radical (unpaired) electrons. The Kier molecular flexibility index (Phi) is 3.72. The second-order valence-electron chi connectivity index (χ2n) is 5.58. The maximum absolute atomic E-state index is 14.1. The van der Waals surface area contributed by atoms with E-state index in [1.54, 1.807) is 12.1 Å². The van der Waals surface area contributed by atoms with Crippen LogP contribution in [0.3, 0.4) is 0 Å². The van der Waals surface area contributed by atoms with Gasteiger partial charge in [0.2, 0.25) is 0 Å². The van der Waals surface area contributed by atoms with E-state index in [9.17, 15) is 4.39 Å². The first-order valence-corrected chi connectivity index (χ1v) is 7.21. The minimum atomic E-state index is -0.258. The standard InChI is InChI=1S/C18H19FO/c1-13(15-5-3-2-4-6-15)16-9-10-18(17(19)11-16)20-12-14-7-8-14/h2-6,9-11,13-14H,7-8,12H2,1H3. The van der Waals surface area contributed by atoms with Gasteiger partial charge in [-0.25, -0.2) is 4.39 Å². The predicted molar refractivity (Wildman–Crippen MR) is 78.6 cm³/mol. The number of hydrogen-bond donors (Lipinski definition) is 0. The molecule has 0 amide bonds. The topological polar surface area (TPSA) is 9.23 Å². The van der Waals surface area contributed by atoms with Crippen LogP contribution in [0.1, 0.15) is 36.8 Å². The van der Waals surface area contributed by atoms with Gasteiger partial charge >= 0.3 is 0 Å². The van der Waals surface area contributed by atoms with Crippen LogP contribution in [0, 0.1) is 11.7 Å². The molecule has 3 rings (SSSR count). The summed E-state index contributed by atoms with van der Waals surface area (Å²) in [5.74, 6) is 0.937. The maximum Gasteiger partial charge on any atom is 0.165 e. The van der Waals surface area contributed by atoms with Crippen LogP contribution in [0.4, 0.5) is 4.39 Å². The van der Waals surface area contributed by atoms with E-state index in [1.807, 2.05) is 24.3 Å². The Morgan fingerprint density at radius 1 is 1.10 bits per heavy atom. The van der Waals surface area contributed by atoms with Crippen molar-refractivity contribution in [1.29, 1.82) is 0 Å². The van der Waals surface area contributed by atoms with Gasteiger partial charge in [0.25, 0.3) is 0 Å². The number of hydrogen-bond acceptors (Lipinski definition) is 1. The summed E-state index contributed by atoms with van der Waals surface area (Å²) in [7, 11) is 0. The summed E-state index contributed by atoms with van der Waals surface area (Å²) < 4.78 is 19.6. The first-order chi connectivity index (χ1) is 9.74. The molecule has 0 spiro atoms. The number of halogens is 1. The highest BCUT2D eigenvalue weighted by atomic mass is 19.1. The van der Waals surface area contributed by atoms with Gasteiger partial charge in [-0.15, -0.1) is 0 Å². The number of rotatable bonds is 5. The van der Waals surface area contributed by atoms with Crippen molar-refractivity contribution in [1.82, 2.24) is 0 Å². The van der Waals surface area contributed by atoms with Crippen LogP contribution >= 0.6 is 0 Å². The summed E-state index contributed by atoms with van der Waals surface area (Å²) >= 11 is 0. The molecule has 20 heavy (non-hydrogen) atoms. The van der Waals surface area contributed by atoms with Crippen LogP contribution in [-0.4, -0.2) is 6.61 Å². The van der Waals surface area contributed by atoms with Gasteiger partial charge in [0.15, 0.2) is 11.6 Å². The zero-order chi connectivity index (χ0) is 13.9. The quantitative estimate of drug-likeness (QED) is 0.760. The van der Waals surface area contributed by atoms with Crippen LogP contribution in [0.2, 0.25) is 0 Å². The van der Waals surface area contributed by atoms with E-state index in [1.165, 1.54) is 18.4 Å². The van der Waals surface area contributed by atoms with E-state index in [0.717, 1.165) is 5.56 Å². The smallest absolute Gasteiger partial charge is 0.165 e. The van der Waals surface area contributed by atoms with Gasteiger partial charge in [-0.2, -0.15) is 0 Å². The predicted octanol–water partition coefficient (Wildman–Crippen LogP) is 4.77. The Morgan fingerprint density at radius 3 is 2.50 bits per heavy atom. The molecule has 1 aliphatic carbocycles. The summed E-state index contributed by atoms with van der Waals surface area (Å²) in [6.45, 7) is 2.74. The average Bonchev–Trinajstić information content (AvgIpc) is 3.30. The van der Waals surface area contributed by atoms with Crippen LogP contribution in [0.15, 0.2) is 48.5 Å². The van der Waals surface area contributed by atoms with Crippen LogP contribution < -0.4 is 4.74 Å². The van der Waals surface area contributed by atoms with Gasteiger partial charge in [0, 0.05) is 5.92 Å². The van der Waals surface area contributed by atoms with Crippen molar-refractivity contribution in [2.75, 3.05) is 6.61 Å². The molecule has 0 bridgehead atoms. The largest absolute Gasteiger partial charge is 0.490 e. The molecule has 1 nitrogen and oxygen atoms in total. The molecule has 1 aliphatic rings. The molecular formula is C18H19FO. The molecule has 1 fully saturated rings. The van der Waals surface area contributed by atoms with Gasteiger partial charge in [0.05, 0.1) is 6.61 Å². The fourth-order valence-corrected chi connectivity index (χ4v) is 2.33. The third-order valence-corrected chi connectivity index (χ3v) is 3.93. The Balaban J connectivity index is 1.75. The molecule has 1 atom stereocenters. The van der Waals surface area contributed by atoms with Crippen molar-refractivity contribution in [2.24, 2.45) is 5.92 Å². The first kappa shape index (κ1) is 13.2. The Bertz CT molecular complexity index is 575. The minimum Gasteiger partial charge on any atom is -0.490 e. The lowest BCUT2D eigenvalue weighted by atomic mass is 9.93. The Labute approximate surface area is 119 Å². The maximum atomic E-state index is 14.1. The zero-order valence-corrected chi connectivity index (χ0v) is 11.7. The van der Waals surface area contributed by atoms with E-state index in [-0.39, 0.29) is 11.7 Å². The summed E-state index contributed by atoms with van der Waals surface area (Å²) in [6.07, 6.45) is 2.43. The monoisotopic (exact) mass is 270 g/mol. The molecule has 0 aromatic heterocycles. The fraction of sp³-hybridized carbons (Fsp3) is 0.333. The van der Waals surface area contributed by atoms with Crippen molar-refractivity contribution in [2.45, 2.75) is 25.7 Å². The minimum absolute atomic E-state index is 0.184. The fourth-order valence-electron chi connectivity index (χ4n) is 2.33. The second kappa shape index (κ2) is 5.66. The number of benzene rings is 2. The Hall–Kier alpha value is -1.83. The molecule has 2 aromatic rings. The molecule has 1 saturated carbocycles. The summed E-state index contributed by atoms with van der Waals surface area (Å²) in [6, 6.07) is 15.5. The first-order valence-electron chi connectivity index (χ1n) is 7.21. The van der Waals surface area contributed by atoms with E-state index in [0.29, 0.717) is 18.3 Å². The van der Waals surface area contributed by atoms with Crippen molar-refractivity contribution >= 4 is 0 Å². The van der Waals surface area contributed by atoms with E-state index in [4.69, 9.17) is 4.74 Å². The van der Waals surface area contributed by atoms with Gasteiger partial charge in [-0.1, -0.05) is 43.3 Å².